The van der Waals surface area contributed by atoms with E-state index in [1.54, 1.807) is 13.1 Å². The van der Waals surface area contributed by atoms with Crippen molar-refractivity contribution in [3.05, 3.63) is 34.5 Å². The Morgan fingerprint density at radius 1 is 1.59 bits per heavy atom. The maximum absolute atomic E-state index is 11.2. The molecule has 0 unspecified atom stereocenters. The molecule has 2 heterocycles. The largest absolute Gasteiger partial charge is 0.478 e. The molecule has 7 nitrogen and oxygen atoms in total. The van der Waals surface area contributed by atoms with Crippen molar-refractivity contribution in [1.82, 2.24) is 19.7 Å². The molecule has 17 heavy (non-hydrogen) atoms. The number of carboxylic acids is 1. The summed E-state index contributed by atoms with van der Waals surface area (Å²) in [6.07, 6.45) is 2.75. The van der Waals surface area contributed by atoms with E-state index in [1.807, 2.05) is 0 Å². The lowest BCUT2D eigenvalue weighted by molar-refractivity contribution is 0.0692. The number of pyridine rings is 1. The highest BCUT2D eigenvalue weighted by Crippen LogP contribution is 2.27. The van der Waals surface area contributed by atoms with Crippen LogP contribution >= 0.6 is 11.8 Å². The van der Waals surface area contributed by atoms with Gasteiger partial charge >= 0.3 is 11.7 Å². The van der Waals surface area contributed by atoms with Crippen molar-refractivity contribution in [3.63, 3.8) is 0 Å². The first kappa shape index (κ1) is 11.4. The Bertz CT molecular complexity index is 619. The second-order valence-corrected chi connectivity index (χ2v) is 4.16. The van der Waals surface area contributed by atoms with Crippen LogP contribution in [0.15, 0.2) is 33.3 Å². The lowest BCUT2D eigenvalue weighted by Crippen LogP contribution is -2.12. The predicted molar refractivity (Wildman–Crippen MR) is 59.1 cm³/mol. The van der Waals surface area contributed by atoms with Gasteiger partial charge in [0.1, 0.15) is 0 Å². The van der Waals surface area contributed by atoms with Crippen molar-refractivity contribution < 1.29 is 9.90 Å². The summed E-state index contributed by atoms with van der Waals surface area (Å²) in [5.74, 6) is -1.07. The number of carbonyl (C=O) groups is 1. The molecule has 88 valence electrons. The molecule has 2 N–H and O–H groups in total. The maximum atomic E-state index is 11.2. The normalized spacial score (nSPS) is 10.4. The zero-order chi connectivity index (χ0) is 12.4. The van der Waals surface area contributed by atoms with Crippen LogP contribution in [0.5, 0.6) is 0 Å². The molecule has 0 aromatic carbocycles. The van der Waals surface area contributed by atoms with E-state index in [1.165, 1.54) is 17.0 Å². The van der Waals surface area contributed by atoms with Gasteiger partial charge in [0.15, 0.2) is 5.16 Å². The van der Waals surface area contributed by atoms with Gasteiger partial charge in [-0.2, -0.15) is 0 Å². The first-order valence-electron chi connectivity index (χ1n) is 4.56. The number of nitrogens with one attached hydrogen (secondary N) is 1. The lowest BCUT2D eigenvalue weighted by Gasteiger charge is -2.03. The van der Waals surface area contributed by atoms with Gasteiger partial charge in [-0.25, -0.2) is 14.7 Å². The van der Waals surface area contributed by atoms with Crippen molar-refractivity contribution in [2.45, 2.75) is 10.1 Å². The quantitative estimate of drug-likeness (QED) is 0.817. The van der Waals surface area contributed by atoms with Gasteiger partial charge < -0.3 is 5.11 Å². The summed E-state index contributed by atoms with van der Waals surface area (Å²) in [7, 11) is 1.55. The predicted octanol–water partition coefficient (Wildman–Crippen LogP) is 0.353. The number of rotatable bonds is 3. The molecule has 0 saturated carbocycles. The van der Waals surface area contributed by atoms with Gasteiger partial charge in [0.2, 0.25) is 0 Å². The van der Waals surface area contributed by atoms with Crippen molar-refractivity contribution >= 4 is 17.7 Å². The molecule has 0 fully saturated rings. The maximum Gasteiger partial charge on any atom is 0.343 e. The molecule has 0 amide bonds. The minimum atomic E-state index is -1.07. The molecule has 0 aliphatic rings. The second-order valence-electron chi connectivity index (χ2n) is 3.15. The Hall–Kier alpha value is -2.09. The standard InChI is InChI=1S/C9H8N4O3S/c1-13-8(16)11-12-9(13)17-6-2-3-10-4-5(6)7(14)15/h2-4H,1H3,(H,11,16)(H,14,15). The third-order valence-corrected chi connectivity index (χ3v) is 3.18. The molecular weight excluding hydrogens is 244 g/mol. The number of carboxylic acid groups (broad SMARTS) is 1. The molecule has 0 radical (unpaired) electrons. The molecule has 0 saturated heterocycles. The van der Waals surface area contributed by atoms with Crippen LogP contribution in [0, 0.1) is 0 Å². The van der Waals surface area contributed by atoms with Crippen LogP contribution in [0.1, 0.15) is 10.4 Å². The van der Waals surface area contributed by atoms with E-state index in [0.29, 0.717) is 10.1 Å². The molecule has 2 aromatic heterocycles. The van der Waals surface area contributed by atoms with Crippen LogP contribution in [0.4, 0.5) is 0 Å². The van der Waals surface area contributed by atoms with Crippen LogP contribution in [0.25, 0.3) is 0 Å². The van der Waals surface area contributed by atoms with Gasteiger partial charge in [-0.15, -0.1) is 5.10 Å². The lowest BCUT2D eigenvalue weighted by atomic mass is 10.3. The first-order chi connectivity index (χ1) is 8.09. The zero-order valence-electron chi connectivity index (χ0n) is 8.75. The van der Waals surface area contributed by atoms with Crippen LogP contribution in [-0.4, -0.2) is 30.8 Å². The van der Waals surface area contributed by atoms with Crippen LogP contribution in [0.3, 0.4) is 0 Å². The highest BCUT2D eigenvalue weighted by atomic mass is 32.2. The summed E-state index contributed by atoms with van der Waals surface area (Å²) in [6.45, 7) is 0. The minimum absolute atomic E-state index is 0.0768. The van der Waals surface area contributed by atoms with Gasteiger partial charge in [0.25, 0.3) is 0 Å². The second kappa shape index (κ2) is 4.42. The minimum Gasteiger partial charge on any atom is -0.478 e. The molecule has 0 spiro atoms. The summed E-state index contributed by atoms with van der Waals surface area (Å²) in [5, 5.41) is 15.4. The molecule has 0 bridgehead atoms. The summed E-state index contributed by atoms with van der Waals surface area (Å²) in [6, 6.07) is 1.56. The Balaban J connectivity index is 2.40. The highest BCUT2D eigenvalue weighted by Gasteiger charge is 2.14. The number of nitrogens with zero attached hydrogens (tertiary/aromatic N) is 3. The molecular formula is C9H8N4O3S. The highest BCUT2D eigenvalue weighted by molar-refractivity contribution is 7.99. The molecule has 0 aliphatic heterocycles. The van der Waals surface area contributed by atoms with Gasteiger partial charge in [0, 0.05) is 24.3 Å². The topological polar surface area (TPSA) is 101 Å². The summed E-state index contributed by atoms with van der Waals surface area (Å²) < 4.78 is 1.30. The number of aromatic amines is 1. The van der Waals surface area contributed by atoms with Crippen LogP contribution in [0.2, 0.25) is 0 Å². The smallest absolute Gasteiger partial charge is 0.343 e. The fourth-order valence-corrected chi connectivity index (χ4v) is 2.04. The number of aromatic nitrogens is 4. The number of hydrogen-bond donors (Lipinski definition) is 2. The average molecular weight is 252 g/mol. The van der Waals surface area contributed by atoms with Crippen molar-refractivity contribution in [2.75, 3.05) is 0 Å². The van der Waals surface area contributed by atoms with Gasteiger partial charge in [-0.3, -0.25) is 9.55 Å². The molecule has 8 heteroatoms. The Kier molecular flexibility index (Phi) is 2.96. The van der Waals surface area contributed by atoms with E-state index in [2.05, 4.69) is 15.2 Å². The van der Waals surface area contributed by atoms with Crippen LogP contribution < -0.4 is 5.69 Å². The summed E-state index contributed by atoms with van der Waals surface area (Å²) in [5.41, 5.74) is -0.272. The average Bonchev–Trinajstić information content (AvgIpc) is 2.61. The van der Waals surface area contributed by atoms with E-state index in [4.69, 9.17) is 5.11 Å². The number of aromatic carboxylic acids is 1. The number of H-pyrrole nitrogens is 1. The van der Waals surface area contributed by atoms with E-state index >= 15 is 0 Å². The molecule has 2 rings (SSSR count). The first-order valence-corrected chi connectivity index (χ1v) is 5.38. The third-order valence-electron chi connectivity index (χ3n) is 2.05. The molecule has 0 aliphatic carbocycles. The van der Waals surface area contributed by atoms with E-state index in [0.717, 1.165) is 11.8 Å². The molecule has 0 atom stereocenters. The van der Waals surface area contributed by atoms with Gasteiger partial charge in [-0.1, -0.05) is 0 Å². The van der Waals surface area contributed by atoms with Crippen molar-refractivity contribution in [1.29, 1.82) is 0 Å². The van der Waals surface area contributed by atoms with Crippen LogP contribution in [-0.2, 0) is 7.05 Å². The fourth-order valence-electron chi connectivity index (χ4n) is 1.15. The van der Waals surface area contributed by atoms with E-state index in [-0.39, 0.29) is 11.3 Å². The Morgan fingerprint density at radius 3 is 2.94 bits per heavy atom. The van der Waals surface area contributed by atoms with Crippen molar-refractivity contribution in [2.24, 2.45) is 7.05 Å². The third kappa shape index (κ3) is 2.21. The Morgan fingerprint density at radius 2 is 2.35 bits per heavy atom. The van der Waals surface area contributed by atoms with E-state index < -0.39 is 5.97 Å². The number of hydrogen-bond acceptors (Lipinski definition) is 5. The summed E-state index contributed by atoms with van der Waals surface area (Å²) in [4.78, 5) is 26.3. The van der Waals surface area contributed by atoms with Gasteiger partial charge in [-0.05, 0) is 17.8 Å². The Labute approximate surface area is 99.5 Å². The molecule has 2 aromatic rings. The summed E-state index contributed by atoms with van der Waals surface area (Å²) >= 11 is 1.09. The van der Waals surface area contributed by atoms with Crippen molar-refractivity contribution in [3.8, 4) is 0 Å². The fraction of sp³-hybridized carbons (Fsp3) is 0.111. The van der Waals surface area contributed by atoms with Gasteiger partial charge in [0.05, 0.1) is 5.56 Å². The zero-order valence-corrected chi connectivity index (χ0v) is 9.56. The monoisotopic (exact) mass is 252 g/mol. The SMILES string of the molecule is Cn1c(Sc2ccncc2C(=O)O)n[nH]c1=O. The van der Waals surface area contributed by atoms with E-state index in [9.17, 15) is 9.59 Å².